The van der Waals surface area contributed by atoms with Crippen LogP contribution in [-0.2, 0) is 20.9 Å². The van der Waals surface area contributed by atoms with E-state index in [0.717, 1.165) is 5.56 Å². The van der Waals surface area contributed by atoms with E-state index in [-0.39, 0.29) is 19.0 Å². The van der Waals surface area contributed by atoms with Gasteiger partial charge in [-0.05, 0) is 42.0 Å². The van der Waals surface area contributed by atoms with Crippen molar-refractivity contribution in [3.63, 3.8) is 0 Å². The van der Waals surface area contributed by atoms with Crippen molar-refractivity contribution < 1.29 is 33.3 Å². The molecule has 0 N–H and O–H groups in total. The van der Waals surface area contributed by atoms with Crippen molar-refractivity contribution in [3.05, 3.63) is 53.6 Å². The molecule has 0 spiro atoms. The Hall–Kier alpha value is -3.68. The highest BCUT2D eigenvalue weighted by atomic mass is 16.5. The molecular formula is C23H27NO7. The van der Waals surface area contributed by atoms with Crippen molar-refractivity contribution in [2.75, 3.05) is 42.1 Å². The lowest BCUT2D eigenvalue weighted by Gasteiger charge is -2.21. The number of carbonyl (C=O) groups is 2. The molecule has 0 atom stereocenters. The SMILES string of the molecule is COC(=O)CN(Cc1cc(OC)cc(OC)c1)C(=O)/C=C/c1cc(OC)ccc1OC. The summed E-state index contributed by atoms with van der Waals surface area (Å²) in [6, 6.07) is 10.5. The molecule has 0 radical (unpaired) electrons. The van der Waals surface area contributed by atoms with E-state index in [1.165, 1.54) is 18.1 Å². The lowest BCUT2D eigenvalue weighted by Crippen LogP contribution is -2.34. The zero-order valence-electron chi connectivity index (χ0n) is 18.3. The maximum absolute atomic E-state index is 12.9. The fourth-order valence-corrected chi connectivity index (χ4v) is 2.85. The monoisotopic (exact) mass is 429 g/mol. The summed E-state index contributed by atoms with van der Waals surface area (Å²) >= 11 is 0. The number of esters is 1. The average Bonchev–Trinajstić information content (AvgIpc) is 2.81. The van der Waals surface area contributed by atoms with E-state index in [2.05, 4.69) is 0 Å². The molecule has 2 rings (SSSR count). The zero-order valence-corrected chi connectivity index (χ0v) is 18.3. The molecule has 0 aliphatic rings. The van der Waals surface area contributed by atoms with Gasteiger partial charge in [-0.1, -0.05) is 0 Å². The second kappa shape index (κ2) is 11.5. The Bertz CT molecular complexity index is 917. The summed E-state index contributed by atoms with van der Waals surface area (Å²) in [7, 11) is 7.46. The minimum atomic E-state index is -0.532. The molecule has 0 fully saturated rings. The maximum atomic E-state index is 12.9. The number of hydrogen-bond donors (Lipinski definition) is 0. The Kier molecular flexibility index (Phi) is 8.75. The number of nitrogens with zero attached hydrogens (tertiary/aromatic N) is 1. The predicted molar refractivity (Wildman–Crippen MR) is 116 cm³/mol. The van der Waals surface area contributed by atoms with Crippen LogP contribution in [0.4, 0.5) is 0 Å². The lowest BCUT2D eigenvalue weighted by molar-refractivity contribution is -0.145. The molecule has 0 saturated carbocycles. The molecule has 0 heterocycles. The highest BCUT2D eigenvalue weighted by molar-refractivity contribution is 5.94. The molecule has 0 aliphatic carbocycles. The van der Waals surface area contributed by atoms with Gasteiger partial charge >= 0.3 is 5.97 Å². The smallest absolute Gasteiger partial charge is 0.325 e. The van der Waals surface area contributed by atoms with E-state index in [0.29, 0.717) is 28.6 Å². The van der Waals surface area contributed by atoms with Crippen LogP contribution in [0, 0.1) is 0 Å². The van der Waals surface area contributed by atoms with Crippen LogP contribution < -0.4 is 18.9 Å². The standard InChI is InChI=1S/C23H27NO7/c1-27-18-7-8-21(30-4)17(12-18)6-9-22(25)24(15-23(26)31-5)14-16-10-19(28-2)13-20(11-16)29-3/h6-13H,14-15H2,1-5H3/b9-6+. The molecule has 166 valence electrons. The number of amides is 1. The number of ether oxygens (including phenoxy) is 5. The van der Waals surface area contributed by atoms with Gasteiger partial charge in [0.25, 0.3) is 0 Å². The average molecular weight is 429 g/mol. The lowest BCUT2D eigenvalue weighted by atomic mass is 10.1. The highest BCUT2D eigenvalue weighted by Crippen LogP contribution is 2.26. The van der Waals surface area contributed by atoms with Crippen LogP contribution in [-0.4, -0.2) is 58.9 Å². The number of hydrogen-bond acceptors (Lipinski definition) is 7. The van der Waals surface area contributed by atoms with E-state index in [1.54, 1.807) is 70.9 Å². The first-order valence-corrected chi connectivity index (χ1v) is 9.41. The summed E-state index contributed by atoms with van der Waals surface area (Å²) in [5.74, 6) is 1.46. The Morgan fingerprint density at radius 1 is 0.839 bits per heavy atom. The Balaban J connectivity index is 2.30. The number of rotatable bonds is 10. The van der Waals surface area contributed by atoms with Crippen LogP contribution in [0.25, 0.3) is 6.08 Å². The van der Waals surface area contributed by atoms with Crippen molar-refractivity contribution in [2.45, 2.75) is 6.54 Å². The molecular weight excluding hydrogens is 402 g/mol. The topological polar surface area (TPSA) is 83.5 Å². The van der Waals surface area contributed by atoms with Gasteiger partial charge < -0.3 is 28.6 Å². The third-order valence-electron chi connectivity index (χ3n) is 4.49. The third kappa shape index (κ3) is 6.67. The molecule has 2 aromatic rings. The van der Waals surface area contributed by atoms with E-state index >= 15 is 0 Å². The fraction of sp³-hybridized carbons (Fsp3) is 0.304. The first-order valence-electron chi connectivity index (χ1n) is 9.41. The van der Waals surface area contributed by atoms with E-state index in [1.807, 2.05) is 0 Å². The van der Waals surface area contributed by atoms with Gasteiger partial charge in [0, 0.05) is 24.3 Å². The van der Waals surface area contributed by atoms with Gasteiger partial charge in [-0.2, -0.15) is 0 Å². The quantitative estimate of drug-likeness (QED) is 0.424. The molecule has 0 bridgehead atoms. The Morgan fingerprint density at radius 3 is 2.03 bits per heavy atom. The van der Waals surface area contributed by atoms with Crippen LogP contribution in [0.1, 0.15) is 11.1 Å². The van der Waals surface area contributed by atoms with Crippen molar-refractivity contribution in [3.8, 4) is 23.0 Å². The summed E-state index contributed by atoms with van der Waals surface area (Å²) in [4.78, 5) is 26.2. The van der Waals surface area contributed by atoms with Crippen molar-refractivity contribution in [1.82, 2.24) is 4.90 Å². The van der Waals surface area contributed by atoms with Gasteiger partial charge in [0.05, 0.1) is 35.5 Å². The molecule has 8 heteroatoms. The van der Waals surface area contributed by atoms with Crippen molar-refractivity contribution in [1.29, 1.82) is 0 Å². The van der Waals surface area contributed by atoms with Crippen LogP contribution in [0.5, 0.6) is 23.0 Å². The fourth-order valence-electron chi connectivity index (χ4n) is 2.85. The van der Waals surface area contributed by atoms with Crippen molar-refractivity contribution in [2.24, 2.45) is 0 Å². The first-order chi connectivity index (χ1) is 14.9. The summed E-state index contributed by atoms with van der Waals surface area (Å²) in [6.45, 7) is -0.0600. The molecule has 0 saturated heterocycles. The van der Waals surface area contributed by atoms with Crippen LogP contribution in [0.3, 0.4) is 0 Å². The molecule has 31 heavy (non-hydrogen) atoms. The van der Waals surface area contributed by atoms with Gasteiger partial charge in [-0.25, -0.2) is 0 Å². The minimum Gasteiger partial charge on any atom is -0.497 e. The van der Waals surface area contributed by atoms with E-state index < -0.39 is 5.97 Å². The van der Waals surface area contributed by atoms with Gasteiger partial charge in [-0.3, -0.25) is 9.59 Å². The van der Waals surface area contributed by atoms with Gasteiger partial charge in [0.15, 0.2) is 0 Å². The first kappa shape index (κ1) is 23.6. The Morgan fingerprint density at radius 2 is 1.48 bits per heavy atom. The molecule has 2 aromatic carbocycles. The van der Waals surface area contributed by atoms with E-state index in [9.17, 15) is 9.59 Å². The van der Waals surface area contributed by atoms with Gasteiger partial charge in [-0.15, -0.1) is 0 Å². The third-order valence-corrected chi connectivity index (χ3v) is 4.49. The molecule has 0 aliphatic heterocycles. The second-order valence-corrected chi connectivity index (χ2v) is 6.43. The van der Waals surface area contributed by atoms with Crippen LogP contribution >= 0.6 is 0 Å². The number of methoxy groups -OCH3 is 5. The van der Waals surface area contributed by atoms with Crippen molar-refractivity contribution >= 4 is 18.0 Å². The van der Waals surface area contributed by atoms with Gasteiger partial charge in [0.2, 0.25) is 5.91 Å². The van der Waals surface area contributed by atoms with E-state index in [4.69, 9.17) is 23.7 Å². The Labute approximate surface area is 181 Å². The largest absolute Gasteiger partial charge is 0.497 e. The minimum absolute atomic E-state index is 0.154. The zero-order chi connectivity index (χ0) is 22.8. The second-order valence-electron chi connectivity index (χ2n) is 6.43. The normalized spacial score (nSPS) is 10.5. The molecule has 0 unspecified atom stereocenters. The van der Waals surface area contributed by atoms with Crippen LogP contribution in [0.2, 0.25) is 0 Å². The summed E-state index contributed by atoms with van der Waals surface area (Å²) in [6.07, 6.45) is 2.98. The highest BCUT2D eigenvalue weighted by Gasteiger charge is 2.17. The molecule has 0 aromatic heterocycles. The van der Waals surface area contributed by atoms with Gasteiger partial charge in [0.1, 0.15) is 29.5 Å². The summed E-state index contributed by atoms with van der Waals surface area (Å²) in [5, 5.41) is 0. The number of carbonyl (C=O) groups excluding carboxylic acids is 2. The van der Waals surface area contributed by atoms with Crippen LogP contribution in [0.15, 0.2) is 42.5 Å². The predicted octanol–water partition coefficient (Wildman–Crippen LogP) is 2.94. The molecule has 1 amide bonds. The number of benzene rings is 2. The summed E-state index contributed by atoms with van der Waals surface area (Å²) in [5.41, 5.74) is 1.40. The molecule has 8 nitrogen and oxygen atoms in total. The maximum Gasteiger partial charge on any atom is 0.325 e. The summed E-state index contributed by atoms with van der Waals surface area (Å²) < 4.78 is 25.9.